The lowest BCUT2D eigenvalue weighted by molar-refractivity contribution is 0.187. The fraction of sp³-hybridized carbons (Fsp3) is 0.800. The van der Waals surface area contributed by atoms with Crippen LogP contribution in [-0.4, -0.2) is 43.7 Å². The van der Waals surface area contributed by atoms with Crippen molar-refractivity contribution < 1.29 is 4.79 Å². The molecule has 0 aromatic heterocycles. The van der Waals surface area contributed by atoms with Crippen molar-refractivity contribution in [3.8, 4) is 6.07 Å². The second kappa shape index (κ2) is 4.99. The molecule has 2 N–H and O–H groups in total. The van der Waals surface area contributed by atoms with Gasteiger partial charge in [-0.2, -0.15) is 5.26 Å². The molecule has 15 heavy (non-hydrogen) atoms. The molecule has 5 nitrogen and oxygen atoms in total. The molecule has 0 radical (unpaired) electrons. The number of nitrogens with one attached hydrogen (secondary N) is 2. The number of hydrogen-bond donors (Lipinski definition) is 2. The Morgan fingerprint density at radius 1 is 1.33 bits per heavy atom. The van der Waals surface area contributed by atoms with E-state index < -0.39 is 5.54 Å². The Morgan fingerprint density at radius 3 is 2.60 bits per heavy atom. The number of amides is 2. The zero-order valence-corrected chi connectivity index (χ0v) is 9.34. The van der Waals surface area contributed by atoms with E-state index in [1.165, 1.54) is 0 Å². The van der Waals surface area contributed by atoms with Crippen LogP contribution in [-0.2, 0) is 0 Å². The monoisotopic (exact) mass is 210 g/mol. The quantitative estimate of drug-likeness (QED) is 0.654. The Bertz CT molecular complexity index is 271. The van der Waals surface area contributed by atoms with E-state index in [0.717, 1.165) is 12.8 Å². The Kier molecular flexibility index (Phi) is 3.92. The highest BCUT2D eigenvalue weighted by Crippen LogP contribution is 2.22. The largest absolute Gasteiger partial charge is 0.338 e. The van der Waals surface area contributed by atoms with Crippen molar-refractivity contribution >= 4 is 6.03 Å². The summed E-state index contributed by atoms with van der Waals surface area (Å²) in [4.78, 5) is 13.1. The maximum Gasteiger partial charge on any atom is 0.314 e. The van der Waals surface area contributed by atoms with Gasteiger partial charge in [0.1, 0.15) is 5.54 Å². The zero-order chi connectivity index (χ0) is 11.3. The number of hydrogen-bond acceptors (Lipinski definition) is 3. The van der Waals surface area contributed by atoms with E-state index in [1.807, 2.05) is 19.0 Å². The van der Waals surface area contributed by atoms with Gasteiger partial charge in [0.15, 0.2) is 0 Å². The van der Waals surface area contributed by atoms with Crippen LogP contribution in [0.1, 0.15) is 19.3 Å². The van der Waals surface area contributed by atoms with Crippen molar-refractivity contribution in [1.82, 2.24) is 15.5 Å². The van der Waals surface area contributed by atoms with Gasteiger partial charge in [0.05, 0.1) is 6.07 Å². The lowest BCUT2D eigenvalue weighted by atomic mass is 9.90. The average Bonchev–Trinajstić information content (AvgIpc) is 2.29. The van der Waals surface area contributed by atoms with Crippen LogP contribution in [0.4, 0.5) is 4.79 Å². The van der Waals surface area contributed by atoms with Crippen LogP contribution in [0, 0.1) is 11.3 Å². The molecule has 84 valence electrons. The van der Waals surface area contributed by atoms with Gasteiger partial charge in [-0.15, -0.1) is 0 Å². The number of nitrogens with zero attached hydrogens (tertiary/aromatic N) is 2. The SMILES string of the molecule is CN(C)C1(C#N)CCCNC(=O)NCC1. The van der Waals surface area contributed by atoms with E-state index in [2.05, 4.69) is 16.7 Å². The smallest absolute Gasteiger partial charge is 0.314 e. The molecule has 2 amide bonds. The van der Waals surface area contributed by atoms with Crippen molar-refractivity contribution in [3.05, 3.63) is 0 Å². The predicted molar refractivity (Wildman–Crippen MR) is 57.3 cm³/mol. The van der Waals surface area contributed by atoms with Crippen LogP contribution in [0.5, 0.6) is 0 Å². The van der Waals surface area contributed by atoms with E-state index in [1.54, 1.807) is 0 Å². The van der Waals surface area contributed by atoms with Crippen molar-refractivity contribution in [2.45, 2.75) is 24.8 Å². The third-order valence-corrected chi connectivity index (χ3v) is 2.94. The highest BCUT2D eigenvalue weighted by Gasteiger charge is 2.32. The molecule has 0 aromatic rings. The molecule has 1 heterocycles. The summed E-state index contributed by atoms with van der Waals surface area (Å²) in [6, 6.07) is 2.24. The summed E-state index contributed by atoms with van der Waals surface area (Å²) >= 11 is 0. The number of carbonyl (C=O) groups excluding carboxylic acids is 1. The summed E-state index contributed by atoms with van der Waals surface area (Å²) in [5, 5.41) is 14.7. The van der Waals surface area contributed by atoms with Crippen LogP contribution >= 0.6 is 0 Å². The third-order valence-electron chi connectivity index (χ3n) is 2.94. The Labute approximate surface area is 90.4 Å². The summed E-state index contributed by atoms with van der Waals surface area (Å²) in [5.74, 6) is 0. The molecule has 1 saturated heterocycles. The fourth-order valence-corrected chi connectivity index (χ4v) is 1.81. The molecule has 0 aliphatic carbocycles. The third kappa shape index (κ3) is 2.83. The maximum atomic E-state index is 11.1. The molecule has 0 spiro atoms. The average molecular weight is 210 g/mol. The molecule has 1 aliphatic rings. The van der Waals surface area contributed by atoms with Gasteiger partial charge in [0.25, 0.3) is 0 Å². The van der Waals surface area contributed by atoms with E-state index in [4.69, 9.17) is 0 Å². The lowest BCUT2D eigenvalue weighted by Gasteiger charge is -2.33. The molecule has 1 rings (SSSR count). The van der Waals surface area contributed by atoms with Crippen molar-refractivity contribution in [2.24, 2.45) is 0 Å². The molecule has 0 saturated carbocycles. The van der Waals surface area contributed by atoms with Gasteiger partial charge in [0, 0.05) is 13.1 Å². The second-order valence-electron chi connectivity index (χ2n) is 4.07. The van der Waals surface area contributed by atoms with Crippen LogP contribution < -0.4 is 10.6 Å². The standard InChI is InChI=1S/C10H18N4O/c1-14(2)10(8-11)4-3-6-12-9(15)13-7-5-10/h3-7H2,1-2H3,(H2,12,13,15). The first-order valence-corrected chi connectivity index (χ1v) is 5.21. The molecule has 0 aromatic carbocycles. The lowest BCUT2D eigenvalue weighted by Crippen LogP contribution is -2.45. The molecule has 1 fully saturated rings. The second-order valence-corrected chi connectivity index (χ2v) is 4.07. The van der Waals surface area contributed by atoms with Crippen molar-refractivity contribution in [1.29, 1.82) is 5.26 Å². The first-order chi connectivity index (χ1) is 7.10. The van der Waals surface area contributed by atoms with Gasteiger partial charge in [-0.3, -0.25) is 4.90 Å². The maximum absolute atomic E-state index is 11.1. The summed E-state index contributed by atoms with van der Waals surface area (Å²) in [7, 11) is 3.83. The van der Waals surface area contributed by atoms with Gasteiger partial charge >= 0.3 is 6.03 Å². The van der Waals surface area contributed by atoms with E-state index >= 15 is 0 Å². The molecular formula is C10H18N4O. The Morgan fingerprint density at radius 2 is 2.00 bits per heavy atom. The Balaban J connectivity index is 2.71. The number of urea groups is 1. The van der Waals surface area contributed by atoms with Gasteiger partial charge < -0.3 is 10.6 Å². The van der Waals surface area contributed by atoms with Crippen LogP contribution in [0.2, 0.25) is 0 Å². The van der Waals surface area contributed by atoms with E-state index in [0.29, 0.717) is 19.5 Å². The van der Waals surface area contributed by atoms with Crippen molar-refractivity contribution in [3.63, 3.8) is 0 Å². The summed E-state index contributed by atoms with van der Waals surface area (Å²) in [6.07, 6.45) is 2.29. The van der Waals surface area contributed by atoms with Crippen LogP contribution in [0.3, 0.4) is 0 Å². The molecule has 5 heteroatoms. The summed E-state index contributed by atoms with van der Waals surface area (Å²) < 4.78 is 0. The molecule has 0 bridgehead atoms. The highest BCUT2D eigenvalue weighted by molar-refractivity contribution is 5.73. The summed E-state index contributed by atoms with van der Waals surface area (Å²) in [6.45, 7) is 1.17. The van der Waals surface area contributed by atoms with Gasteiger partial charge in [-0.05, 0) is 33.4 Å². The Hall–Kier alpha value is -1.28. The van der Waals surface area contributed by atoms with Gasteiger partial charge in [-0.25, -0.2) is 4.79 Å². The number of rotatable bonds is 1. The number of nitriles is 1. The number of carbonyl (C=O) groups is 1. The summed E-state index contributed by atoms with van der Waals surface area (Å²) in [5.41, 5.74) is -0.445. The first-order valence-electron chi connectivity index (χ1n) is 5.21. The van der Waals surface area contributed by atoms with Crippen LogP contribution in [0.25, 0.3) is 0 Å². The van der Waals surface area contributed by atoms with Crippen LogP contribution in [0.15, 0.2) is 0 Å². The highest BCUT2D eigenvalue weighted by atomic mass is 16.2. The normalized spacial score (nSPS) is 28.0. The minimum Gasteiger partial charge on any atom is -0.338 e. The van der Waals surface area contributed by atoms with Crippen molar-refractivity contribution in [2.75, 3.05) is 27.2 Å². The molecule has 1 unspecified atom stereocenters. The predicted octanol–water partition coefficient (Wildman–Crippen LogP) is 0.293. The van der Waals surface area contributed by atoms with Gasteiger partial charge in [0.2, 0.25) is 0 Å². The van der Waals surface area contributed by atoms with E-state index in [9.17, 15) is 10.1 Å². The van der Waals surface area contributed by atoms with Gasteiger partial charge in [-0.1, -0.05) is 0 Å². The van der Waals surface area contributed by atoms with E-state index in [-0.39, 0.29) is 6.03 Å². The topological polar surface area (TPSA) is 68.2 Å². The molecule has 1 atom stereocenters. The molecule has 1 aliphatic heterocycles. The zero-order valence-electron chi connectivity index (χ0n) is 9.34. The minimum absolute atomic E-state index is 0.137. The minimum atomic E-state index is -0.445. The molecular weight excluding hydrogens is 192 g/mol. The fourth-order valence-electron chi connectivity index (χ4n) is 1.81. The first kappa shape index (κ1) is 11.8.